The van der Waals surface area contributed by atoms with E-state index < -0.39 is 33.4 Å². The van der Waals surface area contributed by atoms with Gasteiger partial charge in [0.2, 0.25) is 5.91 Å². The summed E-state index contributed by atoms with van der Waals surface area (Å²) in [6.07, 6.45) is 4.47. The summed E-state index contributed by atoms with van der Waals surface area (Å²) in [5.74, 6) is -2.04. The second-order valence-electron chi connectivity index (χ2n) is 10.0. The van der Waals surface area contributed by atoms with E-state index in [4.69, 9.17) is 5.73 Å². The molecule has 0 aliphatic heterocycles. The monoisotopic (exact) mass is 529 g/mol. The van der Waals surface area contributed by atoms with E-state index in [1.807, 2.05) is 13.0 Å². The number of aromatic carboxylic acids is 1. The second-order valence-corrected chi connectivity index (χ2v) is 12.2. The number of H-pyrrole nitrogens is 1. The highest BCUT2D eigenvalue weighted by atomic mass is 32.2. The molecular formula is C27H32FN3O5S. The SMILES string of the molecule is CC(NC(=O)C1CCC(CN)CC1)c1cccc2c(-c3ccc(CS(C)(=O)=O)c(F)c3)c(C(=O)O)[nH]c12. The van der Waals surface area contributed by atoms with Gasteiger partial charge in [0, 0.05) is 28.7 Å². The van der Waals surface area contributed by atoms with Gasteiger partial charge in [-0.3, -0.25) is 4.79 Å². The predicted octanol–water partition coefficient (Wildman–Crippen LogP) is 4.16. The largest absolute Gasteiger partial charge is 0.477 e. The summed E-state index contributed by atoms with van der Waals surface area (Å²) in [7, 11) is -3.44. The number of carbonyl (C=O) groups is 2. The van der Waals surface area contributed by atoms with E-state index in [2.05, 4.69) is 10.3 Å². The van der Waals surface area contributed by atoms with Crippen molar-refractivity contribution < 1.29 is 27.5 Å². The Bertz CT molecular complexity index is 1440. The number of hydrogen-bond donors (Lipinski definition) is 4. The molecule has 1 aliphatic rings. The van der Waals surface area contributed by atoms with Gasteiger partial charge >= 0.3 is 5.97 Å². The lowest BCUT2D eigenvalue weighted by Gasteiger charge is -2.28. The van der Waals surface area contributed by atoms with Crippen LogP contribution >= 0.6 is 0 Å². The number of carbonyl (C=O) groups excluding carboxylic acids is 1. The summed E-state index contributed by atoms with van der Waals surface area (Å²) in [5.41, 5.74) is 7.52. The molecule has 10 heteroatoms. The van der Waals surface area contributed by atoms with Gasteiger partial charge in [-0.15, -0.1) is 0 Å². The molecule has 198 valence electrons. The lowest BCUT2D eigenvalue weighted by Crippen LogP contribution is -2.35. The van der Waals surface area contributed by atoms with Crippen LogP contribution in [0.3, 0.4) is 0 Å². The van der Waals surface area contributed by atoms with Crippen LogP contribution in [-0.2, 0) is 20.4 Å². The molecule has 0 saturated heterocycles. The standard InChI is InChI=1S/C27H32FN3O5S/c1-15(30-26(32)17-8-6-16(13-29)7-9-17)20-4-3-5-21-23(25(27(33)34)31-24(20)21)18-10-11-19(22(28)12-18)14-37(2,35)36/h3-5,10-12,15-17,31H,6-9,13-14,29H2,1-2H3,(H,30,32)(H,33,34). The van der Waals surface area contributed by atoms with Gasteiger partial charge < -0.3 is 21.1 Å². The maximum Gasteiger partial charge on any atom is 0.352 e. The van der Waals surface area contributed by atoms with Crippen molar-refractivity contribution in [1.29, 1.82) is 0 Å². The lowest BCUT2D eigenvalue weighted by molar-refractivity contribution is -0.126. The summed E-state index contributed by atoms with van der Waals surface area (Å²) >= 11 is 0. The van der Waals surface area contributed by atoms with Gasteiger partial charge in [-0.2, -0.15) is 0 Å². The van der Waals surface area contributed by atoms with Crippen LogP contribution in [-0.4, -0.2) is 43.2 Å². The Hall–Kier alpha value is -3.24. The quantitative estimate of drug-likeness (QED) is 0.345. The van der Waals surface area contributed by atoms with Gasteiger partial charge in [0.15, 0.2) is 9.84 Å². The van der Waals surface area contributed by atoms with Gasteiger partial charge in [0.05, 0.1) is 17.3 Å². The number of nitrogens with one attached hydrogen (secondary N) is 2. The number of benzene rings is 2. The van der Waals surface area contributed by atoms with Crippen molar-refractivity contribution in [1.82, 2.24) is 10.3 Å². The maximum atomic E-state index is 14.8. The van der Waals surface area contributed by atoms with Crippen molar-refractivity contribution in [2.75, 3.05) is 12.8 Å². The summed E-state index contributed by atoms with van der Waals surface area (Å²) in [6.45, 7) is 2.48. The average Bonchev–Trinajstić information content (AvgIpc) is 3.24. The van der Waals surface area contributed by atoms with Crippen LogP contribution in [0.4, 0.5) is 4.39 Å². The molecule has 5 N–H and O–H groups in total. The zero-order valence-electron chi connectivity index (χ0n) is 20.9. The first-order chi connectivity index (χ1) is 17.5. The van der Waals surface area contributed by atoms with E-state index in [-0.39, 0.29) is 23.1 Å². The Kier molecular flexibility index (Phi) is 7.70. The first-order valence-electron chi connectivity index (χ1n) is 12.3. The average molecular weight is 530 g/mol. The predicted molar refractivity (Wildman–Crippen MR) is 140 cm³/mol. The molecule has 1 atom stereocenters. The van der Waals surface area contributed by atoms with Gasteiger partial charge in [-0.25, -0.2) is 17.6 Å². The van der Waals surface area contributed by atoms with E-state index in [0.717, 1.165) is 38.0 Å². The number of rotatable bonds is 8. The molecule has 1 fully saturated rings. The zero-order valence-corrected chi connectivity index (χ0v) is 21.7. The molecule has 1 aromatic heterocycles. The number of aromatic amines is 1. The minimum Gasteiger partial charge on any atom is -0.477 e. The van der Waals surface area contributed by atoms with Crippen LogP contribution < -0.4 is 11.1 Å². The Morgan fingerprint density at radius 3 is 2.49 bits per heavy atom. The van der Waals surface area contributed by atoms with Gasteiger partial charge in [0.1, 0.15) is 11.5 Å². The van der Waals surface area contributed by atoms with E-state index >= 15 is 0 Å². The van der Waals surface area contributed by atoms with Crippen LogP contribution in [0.2, 0.25) is 0 Å². The summed E-state index contributed by atoms with van der Waals surface area (Å²) in [5, 5.41) is 13.5. The molecule has 1 heterocycles. The van der Waals surface area contributed by atoms with Crippen molar-refractivity contribution >= 4 is 32.6 Å². The van der Waals surface area contributed by atoms with Crippen LogP contribution in [0, 0.1) is 17.7 Å². The number of aromatic nitrogens is 1. The Labute approximate surface area is 215 Å². The van der Waals surface area contributed by atoms with Crippen LogP contribution in [0.1, 0.15) is 60.3 Å². The minimum atomic E-state index is -3.44. The molecule has 0 radical (unpaired) electrons. The molecular weight excluding hydrogens is 497 g/mol. The molecule has 2 aromatic carbocycles. The van der Waals surface area contributed by atoms with Gasteiger partial charge in [-0.05, 0) is 62.3 Å². The fourth-order valence-corrected chi connectivity index (χ4v) is 6.03. The normalized spacial score (nSPS) is 19.0. The first kappa shape index (κ1) is 26.8. The summed E-state index contributed by atoms with van der Waals surface area (Å²) < 4.78 is 38.0. The number of sulfone groups is 1. The number of fused-ring (bicyclic) bond motifs is 1. The maximum absolute atomic E-state index is 14.8. The molecule has 1 aliphatic carbocycles. The Balaban J connectivity index is 1.68. The molecule has 8 nitrogen and oxygen atoms in total. The third-order valence-electron chi connectivity index (χ3n) is 7.22. The molecule has 0 bridgehead atoms. The molecule has 0 spiro atoms. The van der Waals surface area contributed by atoms with Crippen molar-refractivity contribution in [3.8, 4) is 11.1 Å². The Morgan fingerprint density at radius 2 is 1.89 bits per heavy atom. The van der Waals surface area contributed by atoms with E-state index in [1.165, 1.54) is 12.1 Å². The number of carboxylic acid groups (broad SMARTS) is 1. The molecule has 1 amide bonds. The number of para-hydroxylation sites is 1. The molecule has 4 rings (SSSR count). The summed E-state index contributed by atoms with van der Waals surface area (Å²) in [6, 6.07) is 8.97. The Morgan fingerprint density at radius 1 is 1.19 bits per heavy atom. The molecule has 1 unspecified atom stereocenters. The number of amides is 1. The van der Waals surface area contributed by atoms with Crippen LogP contribution in [0.25, 0.3) is 22.0 Å². The second kappa shape index (κ2) is 10.6. The van der Waals surface area contributed by atoms with E-state index in [1.54, 1.807) is 12.1 Å². The fraction of sp³-hybridized carbons (Fsp3) is 0.407. The smallest absolute Gasteiger partial charge is 0.352 e. The van der Waals surface area contributed by atoms with Crippen LogP contribution in [0.5, 0.6) is 0 Å². The molecule has 1 saturated carbocycles. The topological polar surface area (TPSA) is 142 Å². The van der Waals surface area contributed by atoms with Gasteiger partial charge in [-0.1, -0.05) is 30.3 Å². The number of nitrogens with two attached hydrogens (primary N) is 1. The highest BCUT2D eigenvalue weighted by Gasteiger charge is 2.28. The van der Waals surface area contributed by atoms with E-state index in [9.17, 15) is 27.5 Å². The molecule has 37 heavy (non-hydrogen) atoms. The van der Waals surface area contributed by atoms with Gasteiger partial charge in [0.25, 0.3) is 0 Å². The number of halogens is 1. The zero-order chi connectivity index (χ0) is 26.9. The highest BCUT2D eigenvalue weighted by Crippen LogP contribution is 2.37. The lowest BCUT2D eigenvalue weighted by atomic mass is 9.81. The highest BCUT2D eigenvalue weighted by molar-refractivity contribution is 7.89. The van der Waals surface area contributed by atoms with Crippen molar-refractivity contribution in [3.63, 3.8) is 0 Å². The summed E-state index contributed by atoms with van der Waals surface area (Å²) in [4.78, 5) is 28.1. The minimum absolute atomic E-state index is 0.0143. The molecule has 3 aromatic rings. The first-order valence-corrected chi connectivity index (χ1v) is 14.4. The van der Waals surface area contributed by atoms with Crippen molar-refractivity contribution in [2.24, 2.45) is 17.6 Å². The van der Waals surface area contributed by atoms with Crippen LogP contribution in [0.15, 0.2) is 36.4 Å². The third kappa shape index (κ3) is 5.86. The van der Waals surface area contributed by atoms with Crippen molar-refractivity contribution in [3.05, 3.63) is 59.0 Å². The fourth-order valence-electron chi connectivity index (χ4n) is 5.23. The number of carboxylic acids is 1. The third-order valence-corrected chi connectivity index (χ3v) is 8.05. The van der Waals surface area contributed by atoms with E-state index in [0.29, 0.717) is 40.1 Å². The van der Waals surface area contributed by atoms with Crippen molar-refractivity contribution in [2.45, 2.75) is 44.4 Å². The number of hydrogen-bond acceptors (Lipinski definition) is 5.